The summed E-state index contributed by atoms with van der Waals surface area (Å²) in [5.41, 5.74) is 1.01. The Kier molecular flexibility index (Phi) is 8.38. The van der Waals surface area contributed by atoms with Crippen LogP contribution in [0, 0.1) is 0 Å². The molecule has 2 unspecified atom stereocenters. The van der Waals surface area contributed by atoms with Gasteiger partial charge < -0.3 is 14.8 Å². The van der Waals surface area contributed by atoms with Crippen LogP contribution in [0.3, 0.4) is 0 Å². The average Bonchev–Trinajstić information content (AvgIpc) is 2.51. The molecule has 0 bridgehead atoms. The van der Waals surface area contributed by atoms with Crippen LogP contribution < -0.4 is 14.8 Å². The van der Waals surface area contributed by atoms with Gasteiger partial charge in [-0.15, -0.1) is 0 Å². The van der Waals surface area contributed by atoms with Gasteiger partial charge in [0.25, 0.3) is 0 Å². The fourth-order valence-electron chi connectivity index (χ4n) is 2.19. The Bertz CT molecular complexity index is 451. The van der Waals surface area contributed by atoms with Gasteiger partial charge in [0, 0.05) is 33.9 Å². The lowest BCUT2D eigenvalue weighted by Crippen LogP contribution is -2.28. The second-order valence-electron chi connectivity index (χ2n) is 4.93. The van der Waals surface area contributed by atoms with E-state index in [4.69, 9.17) is 9.47 Å². The topological polar surface area (TPSA) is 47.6 Å². The quantitative estimate of drug-likeness (QED) is 0.721. The molecule has 1 N–H and O–H groups in total. The first kappa shape index (κ1) is 18.0. The summed E-state index contributed by atoms with van der Waals surface area (Å²) in [6.45, 7) is 5.06. The second kappa shape index (κ2) is 9.79. The zero-order valence-electron chi connectivity index (χ0n) is 13.5. The molecule has 1 aromatic rings. The normalized spacial score (nSPS) is 13.7. The lowest BCUT2D eigenvalue weighted by Gasteiger charge is -2.21. The molecule has 0 saturated carbocycles. The Labute approximate surface area is 130 Å². The first-order chi connectivity index (χ1) is 10.2. The van der Waals surface area contributed by atoms with Gasteiger partial charge in [0.15, 0.2) is 0 Å². The third-order valence-corrected chi connectivity index (χ3v) is 4.81. The van der Waals surface area contributed by atoms with Crippen molar-refractivity contribution in [2.75, 3.05) is 32.3 Å². The molecule has 0 radical (unpaired) electrons. The van der Waals surface area contributed by atoms with E-state index in [1.807, 2.05) is 18.2 Å². The van der Waals surface area contributed by atoms with E-state index in [0.29, 0.717) is 5.75 Å². The minimum Gasteiger partial charge on any atom is -0.497 e. The van der Waals surface area contributed by atoms with Crippen LogP contribution in [0.15, 0.2) is 18.2 Å². The van der Waals surface area contributed by atoms with Gasteiger partial charge in [-0.25, -0.2) is 0 Å². The molecule has 0 amide bonds. The summed E-state index contributed by atoms with van der Waals surface area (Å²) in [5, 5.41) is 3.47. The Balaban J connectivity index is 3.02. The molecule has 0 fully saturated rings. The molecule has 1 rings (SSSR count). The molecule has 2 atom stereocenters. The van der Waals surface area contributed by atoms with Crippen molar-refractivity contribution < 1.29 is 13.7 Å². The highest BCUT2D eigenvalue weighted by atomic mass is 32.2. The molecule has 120 valence electrons. The lowest BCUT2D eigenvalue weighted by molar-refractivity contribution is 0.392. The summed E-state index contributed by atoms with van der Waals surface area (Å²) in [7, 11) is 2.47. The van der Waals surface area contributed by atoms with Crippen LogP contribution in [0.2, 0.25) is 0 Å². The average molecular weight is 313 g/mol. The van der Waals surface area contributed by atoms with Crippen molar-refractivity contribution >= 4 is 10.8 Å². The van der Waals surface area contributed by atoms with E-state index in [2.05, 4.69) is 19.2 Å². The van der Waals surface area contributed by atoms with Gasteiger partial charge in [-0.05, 0) is 37.6 Å². The van der Waals surface area contributed by atoms with Crippen LogP contribution in [0.4, 0.5) is 0 Å². The molecule has 0 saturated heterocycles. The van der Waals surface area contributed by atoms with Crippen LogP contribution >= 0.6 is 0 Å². The Morgan fingerprint density at radius 3 is 2.52 bits per heavy atom. The molecule has 1 aromatic carbocycles. The molecule has 0 heterocycles. The third kappa shape index (κ3) is 5.67. The molecule has 4 nitrogen and oxygen atoms in total. The SMILES string of the molecule is CCCNC(CS(=O)CCC)c1cc(OC)ccc1OC. The van der Waals surface area contributed by atoms with Crippen LogP contribution in [-0.2, 0) is 10.8 Å². The maximum atomic E-state index is 12.1. The minimum atomic E-state index is -0.832. The minimum absolute atomic E-state index is 0.0161. The van der Waals surface area contributed by atoms with E-state index in [0.717, 1.165) is 42.2 Å². The number of hydrogen-bond donors (Lipinski definition) is 1. The highest BCUT2D eigenvalue weighted by Crippen LogP contribution is 2.30. The van der Waals surface area contributed by atoms with E-state index in [9.17, 15) is 4.21 Å². The van der Waals surface area contributed by atoms with Crippen LogP contribution in [0.5, 0.6) is 11.5 Å². The van der Waals surface area contributed by atoms with Gasteiger partial charge in [-0.2, -0.15) is 0 Å². The molecular formula is C16H27NO3S. The predicted molar refractivity (Wildman–Crippen MR) is 88.7 cm³/mol. The first-order valence-corrected chi connectivity index (χ1v) is 8.95. The summed E-state index contributed by atoms with van der Waals surface area (Å²) in [5.74, 6) is 2.92. The summed E-state index contributed by atoms with van der Waals surface area (Å²) in [6, 6.07) is 5.76. The van der Waals surface area contributed by atoms with E-state index >= 15 is 0 Å². The number of nitrogens with one attached hydrogen (secondary N) is 1. The molecule has 0 spiro atoms. The summed E-state index contributed by atoms with van der Waals surface area (Å²) >= 11 is 0. The van der Waals surface area contributed by atoms with Crippen molar-refractivity contribution in [3.63, 3.8) is 0 Å². The monoisotopic (exact) mass is 313 g/mol. The number of benzene rings is 1. The largest absolute Gasteiger partial charge is 0.497 e. The molecular weight excluding hydrogens is 286 g/mol. The first-order valence-electron chi connectivity index (χ1n) is 7.46. The summed E-state index contributed by atoms with van der Waals surface area (Å²) < 4.78 is 22.9. The van der Waals surface area contributed by atoms with E-state index in [1.165, 1.54) is 0 Å². The molecule has 5 heteroatoms. The van der Waals surface area contributed by atoms with Crippen molar-refractivity contribution in [2.45, 2.75) is 32.7 Å². The summed E-state index contributed by atoms with van der Waals surface area (Å²) in [6.07, 6.45) is 1.96. The van der Waals surface area contributed by atoms with Crippen molar-refractivity contribution in [3.05, 3.63) is 23.8 Å². The highest BCUT2D eigenvalue weighted by Gasteiger charge is 2.19. The summed E-state index contributed by atoms with van der Waals surface area (Å²) in [4.78, 5) is 0. The maximum Gasteiger partial charge on any atom is 0.123 e. The predicted octanol–water partition coefficient (Wildman–Crippen LogP) is 2.90. The van der Waals surface area contributed by atoms with Gasteiger partial charge >= 0.3 is 0 Å². The Morgan fingerprint density at radius 2 is 1.95 bits per heavy atom. The molecule has 0 aliphatic heterocycles. The standard InChI is InChI=1S/C16H27NO3S/c1-5-9-17-15(12-21(18)10-6-2)14-11-13(19-3)7-8-16(14)20-4/h7-8,11,15,17H,5-6,9-10,12H2,1-4H3. The highest BCUT2D eigenvalue weighted by molar-refractivity contribution is 7.85. The van der Waals surface area contributed by atoms with E-state index < -0.39 is 10.8 Å². The lowest BCUT2D eigenvalue weighted by atomic mass is 10.1. The zero-order valence-corrected chi connectivity index (χ0v) is 14.3. The third-order valence-electron chi connectivity index (χ3n) is 3.24. The molecule has 0 aliphatic rings. The Morgan fingerprint density at radius 1 is 1.19 bits per heavy atom. The smallest absolute Gasteiger partial charge is 0.123 e. The second-order valence-corrected chi connectivity index (χ2v) is 6.55. The van der Waals surface area contributed by atoms with Crippen LogP contribution in [-0.4, -0.2) is 36.5 Å². The Hall–Kier alpha value is -1.07. The van der Waals surface area contributed by atoms with Crippen molar-refractivity contribution in [1.82, 2.24) is 5.32 Å². The fourth-order valence-corrected chi connectivity index (χ4v) is 3.48. The van der Waals surface area contributed by atoms with Crippen molar-refractivity contribution in [3.8, 4) is 11.5 Å². The zero-order chi connectivity index (χ0) is 15.7. The number of hydrogen-bond acceptors (Lipinski definition) is 4. The van der Waals surface area contributed by atoms with Crippen molar-refractivity contribution in [2.24, 2.45) is 0 Å². The van der Waals surface area contributed by atoms with E-state index in [1.54, 1.807) is 14.2 Å². The van der Waals surface area contributed by atoms with E-state index in [-0.39, 0.29) is 6.04 Å². The van der Waals surface area contributed by atoms with Gasteiger partial charge in [0.1, 0.15) is 11.5 Å². The van der Waals surface area contributed by atoms with Crippen LogP contribution in [0.25, 0.3) is 0 Å². The number of methoxy groups -OCH3 is 2. The van der Waals surface area contributed by atoms with Gasteiger partial charge in [-0.3, -0.25) is 4.21 Å². The van der Waals surface area contributed by atoms with Gasteiger partial charge in [0.05, 0.1) is 14.2 Å². The fraction of sp³-hybridized carbons (Fsp3) is 0.625. The van der Waals surface area contributed by atoms with Crippen molar-refractivity contribution in [1.29, 1.82) is 0 Å². The molecule has 0 aromatic heterocycles. The number of ether oxygens (including phenoxy) is 2. The van der Waals surface area contributed by atoms with Crippen LogP contribution in [0.1, 0.15) is 38.3 Å². The molecule has 0 aliphatic carbocycles. The maximum absolute atomic E-state index is 12.1. The molecule has 21 heavy (non-hydrogen) atoms. The van der Waals surface area contributed by atoms with Gasteiger partial charge in [-0.1, -0.05) is 13.8 Å². The number of rotatable bonds is 10. The van der Waals surface area contributed by atoms with Gasteiger partial charge in [0.2, 0.25) is 0 Å².